The van der Waals surface area contributed by atoms with Crippen LogP contribution in [0.2, 0.25) is 0 Å². The third kappa shape index (κ3) is 14.2. The number of hydrogen-bond donors (Lipinski definition) is 1. The lowest BCUT2D eigenvalue weighted by Gasteiger charge is -2.21. The van der Waals surface area contributed by atoms with Crippen molar-refractivity contribution in [3.63, 3.8) is 0 Å². The van der Waals surface area contributed by atoms with Crippen molar-refractivity contribution in [3.8, 4) is 0 Å². The van der Waals surface area contributed by atoms with E-state index < -0.39 is 0 Å². The van der Waals surface area contributed by atoms with Gasteiger partial charge in [0, 0.05) is 12.1 Å². The van der Waals surface area contributed by atoms with Crippen LogP contribution in [-0.4, -0.2) is 12.1 Å². The minimum absolute atomic E-state index is 0.635. The standard InChI is InChI=1S/C18H39N/c1-5-7-9-11-13-15-18(19-17(3)4)16-14-12-10-8-6-2/h17-19H,5-16H2,1-4H3. The van der Waals surface area contributed by atoms with Crippen LogP contribution in [0.5, 0.6) is 0 Å². The van der Waals surface area contributed by atoms with Gasteiger partial charge in [0.2, 0.25) is 0 Å². The molecule has 0 atom stereocenters. The van der Waals surface area contributed by atoms with Crippen LogP contribution in [0.3, 0.4) is 0 Å². The molecule has 0 fully saturated rings. The zero-order chi connectivity index (χ0) is 14.3. The first-order valence-corrected chi connectivity index (χ1v) is 8.96. The Morgan fingerprint density at radius 3 is 1.42 bits per heavy atom. The zero-order valence-corrected chi connectivity index (χ0v) is 14.1. The molecular formula is C18H39N. The van der Waals surface area contributed by atoms with Crippen molar-refractivity contribution in [2.24, 2.45) is 0 Å². The normalized spacial score (nSPS) is 11.7. The van der Waals surface area contributed by atoms with Gasteiger partial charge in [0.1, 0.15) is 0 Å². The molecule has 0 aliphatic rings. The minimum atomic E-state index is 0.635. The van der Waals surface area contributed by atoms with E-state index in [2.05, 4.69) is 33.0 Å². The summed E-state index contributed by atoms with van der Waals surface area (Å²) >= 11 is 0. The third-order valence-electron chi connectivity index (χ3n) is 3.88. The Morgan fingerprint density at radius 2 is 1.05 bits per heavy atom. The lowest BCUT2D eigenvalue weighted by molar-refractivity contribution is 0.386. The van der Waals surface area contributed by atoms with Crippen molar-refractivity contribution in [1.29, 1.82) is 0 Å². The van der Waals surface area contributed by atoms with Gasteiger partial charge in [-0.2, -0.15) is 0 Å². The average Bonchev–Trinajstić information content (AvgIpc) is 2.37. The molecule has 19 heavy (non-hydrogen) atoms. The highest BCUT2D eigenvalue weighted by molar-refractivity contribution is 4.69. The van der Waals surface area contributed by atoms with Crippen LogP contribution in [0.4, 0.5) is 0 Å². The van der Waals surface area contributed by atoms with Gasteiger partial charge in [-0.05, 0) is 12.8 Å². The van der Waals surface area contributed by atoms with E-state index in [9.17, 15) is 0 Å². The summed E-state index contributed by atoms with van der Waals surface area (Å²) in [6.07, 6.45) is 16.9. The molecule has 1 nitrogen and oxygen atoms in total. The maximum Gasteiger partial charge on any atom is 0.00694 e. The quantitative estimate of drug-likeness (QED) is 0.377. The molecule has 0 aliphatic carbocycles. The predicted octanol–water partition coefficient (Wildman–Crippen LogP) is 6.07. The van der Waals surface area contributed by atoms with Crippen molar-refractivity contribution in [2.45, 2.75) is 117 Å². The molecule has 116 valence electrons. The fraction of sp³-hybridized carbons (Fsp3) is 1.00. The van der Waals surface area contributed by atoms with Crippen LogP contribution in [0.25, 0.3) is 0 Å². The second kappa shape index (κ2) is 14.4. The molecule has 1 N–H and O–H groups in total. The highest BCUT2D eigenvalue weighted by Crippen LogP contribution is 2.14. The molecule has 0 saturated carbocycles. The van der Waals surface area contributed by atoms with Crippen LogP contribution < -0.4 is 5.32 Å². The Kier molecular flexibility index (Phi) is 14.3. The molecule has 1 heteroatoms. The van der Waals surface area contributed by atoms with Gasteiger partial charge in [0.15, 0.2) is 0 Å². The van der Waals surface area contributed by atoms with Crippen molar-refractivity contribution in [3.05, 3.63) is 0 Å². The Hall–Kier alpha value is -0.0400. The molecule has 0 aromatic carbocycles. The Morgan fingerprint density at radius 1 is 0.632 bits per heavy atom. The summed E-state index contributed by atoms with van der Waals surface area (Å²) in [6.45, 7) is 9.14. The van der Waals surface area contributed by atoms with Gasteiger partial charge in [-0.3, -0.25) is 0 Å². The lowest BCUT2D eigenvalue weighted by atomic mass is 10.00. The molecule has 0 aromatic heterocycles. The smallest absolute Gasteiger partial charge is 0.00694 e. The Labute approximate surface area is 122 Å². The fourth-order valence-corrected chi connectivity index (χ4v) is 2.77. The van der Waals surface area contributed by atoms with E-state index in [-0.39, 0.29) is 0 Å². The topological polar surface area (TPSA) is 12.0 Å². The molecule has 0 saturated heterocycles. The van der Waals surface area contributed by atoms with E-state index in [0.717, 1.165) is 6.04 Å². The van der Waals surface area contributed by atoms with Crippen molar-refractivity contribution >= 4 is 0 Å². The summed E-state index contributed by atoms with van der Waals surface area (Å²) < 4.78 is 0. The zero-order valence-electron chi connectivity index (χ0n) is 14.1. The highest BCUT2D eigenvalue weighted by atomic mass is 14.9. The maximum atomic E-state index is 3.76. The van der Waals surface area contributed by atoms with Crippen molar-refractivity contribution in [1.82, 2.24) is 5.32 Å². The first-order valence-electron chi connectivity index (χ1n) is 8.96. The molecule has 0 aliphatic heterocycles. The molecule has 0 radical (unpaired) electrons. The van der Waals surface area contributed by atoms with Gasteiger partial charge < -0.3 is 5.32 Å². The number of rotatable bonds is 14. The fourth-order valence-electron chi connectivity index (χ4n) is 2.77. The highest BCUT2D eigenvalue weighted by Gasteiger charge is 2.09. The van der Waals surface area contributed by atoms with Crippen LogP contribution in [0.15, 0.2) is 0 Å². The first kappa shape index (κ1) is 19.0. The monoisotopic (exact) mass is 269 g/mol. The summed E-state index contributed by atoms with van der Waals surface area (Å²) in [4.78, 5) is 0. The predicted molar refractivity (Wildman–Crippen MR) is 88.8 cm³/mol. The van der Waals surface area contributed by atoms with Gasteiger partial charge in [-0.1, -0.05) is 91.9 Å². The molecule has 0 bridgehead atoms. The molecule has 0 aromatic rings. The van der Waals surface area contributed by atoms with E-state index in [0.29, 0.717) is 6.04 Å². The van der Waals surface area contributed by atoms with E-state index >= 15 is 0 Å². The van der Waals surface area contributed by atoms with Crippen molar-refractivity contribution < 1.29 is 0 Å². The third-order valence-corrected chi connectivity index (χ3v) is 3.88. The summed E-state index contributed by atoms with van der Waals surface area (Å²) in [5.74, 6) is 0. The van der Waals surface area contributed by atoms with Gasteiger partial charge >= 0.3 is 0 Å². The summed E-state index contributed by atoms with van der Waals surface area (Å²) in [5.41, 5.74) is 0. The van der Waals surface area contributed by atoms with E-state index in [1.165, 1.54) is 77.0 Å². The maximum absolute atomic E-state index is 3.76. The molecular weight excluding hydrogens is 230 g/mol. The Balaban J connectivity index is 3.63. The SMILES string of the molecule is CCCCCCCC(CCCCCCC)NC(C)C. The lowest BCUT2D eigenvalue weighted by Crippen LogP contribution is -2.34. The number of hydrogen-bond acceptors (Lipinski definition) is 1. The number of unbranched alkanes of at least 4 members (excludes halogenated alkanes) is 8. The summed E-state index contributed by atoms with van der Waals surface area (Å²) in [7, 11) is 0. The summed E-state index contributed by atoms with van der Waals surface area (Å²) in [5, 5.41) is 3.76. The van der Waals surface area contributed by atoms with Crippen molar-refractivity contribution in [2.75, 3.05) is 0 Å². The van der Waals surface area contributed by atoms with Gasteiger partial charge in [-0.15, -0.1) is 0 Å². The van der Waals surface area contributed by atoms with Gasteiger partial charge in [0.25, 0.3) is 0 Å². The van der Waals surface area contributed by atoms with Gasteiger partial charge in [-0.25, -0.2) is 0 Å². The average molecular weight is 270 g/mol. The molecule has 0 amide bonds. The molecule has 0 heterocycles. The van der Waals surface area contributed by atoms with E-state index in [1.54, 1.807) is 0 Å². The van der Waals surface area contributed by atoms with Crippen LogP contribution >= 0.6 is 0 Å². The number of nitrogens with one attached hydrogen (secondary N) is 1. The van der Waals surface area contributed by atoms with Crippen LogP contribution in [0.1, 0.15) is 105 Å². The molecule has 0 spiro atoms. The van der Waals surface area contributed by atoms with Crippen LogP contribution in [-0.2, 0) is 0 Å². The second-order valence-electron chi connectivity index (χ2n) is 6.42. The molecule has 0 rings (SSSR count). The Bertz CT molecular complexity index is 151. The van der Waals surface area contributed by atoms with Crippen LogP contribution in [0, 0.1) is 0 Å². The largest absolute Gasteiger partial charge is 0.312 e. The minimum Gasteiger partial charge on any atom is -0.312 e. The second-order valence-corrected chi connectivity index (χ2v) is 6.42. The van der Waals surface area contributed by atoms with E-state index in [4.69, 9.17) is 0 Å². The van der Waals surface area contributed by atoms with E-state index in [1.807, 2.05) is 0 Å². The summed E-state index contributed by atoms with van der Waals surface area (Å²) in [6, 6.07) is 1.40. The first-order chi connectivity index (χ1) is 9.20. The molecule has 0 unspecified atom stereocenters. The van der Waals surface area contributed by atoms with Gasteiger partial charge in [0.05, 0.1) is 0 Å².